The molecule has 108 valence electrons. The van der Waals surface area contributed by atoms with Gasteiger partial charge in [-0.25, -0.2) is 0 Å². The number of esters is 1. The van der Waals surface area contributed by atoms with Crippen LogP contribution in [0.25, 0.3) is 0 Å². The monoisotopic (exact) mass is 316 g/mol. The van der Waals surface area contributed by atoms with Gasteiger partial charge in [-0.15, -0.1) is 23.5 Å². The third kappa shape index (κ3) is 3.11. The summed E-state index contributed by atoms with van der Waals surface area (Å²) in [5.41, 5.74) is 1.17. The van der Waals surface area contributed by atoms with Gasteiger partial charge in [0.05, 0.1) is 11.9 Å². The second-order valence-electron chi connectivity index (χ2n) is 4.69. The summed E-state index contributed by atoms with van der Waals surface area (Å²) in [4.78, 5) is 14.7. The van der Waals surface area contributed by atoms with Crippen LogP contribution in [0.1, 0.15) is 17.7 Å². The maximum Gasteiger partial charge on any atom is 0.320 e. The second-order valence-corrected chi connectivity index (χ2v) is 7.05. The van der Waals surface area contributed by atoms with E-state index >= 15 is 0 Å². The average Bonchev–Trinajstić information content (AvgIpc) is 2.54. The fourth-order valence-electron chi connectivity index (χ4n) is 2.32. The van der Waals surface area contributed by atoms with Crippen LogP contribution in [0.3, 0.4) is 0 Å². The summed E-state index contributed by atoms with van der Waals surface area (Å²) in [6, 6.07) is 18.4. The van der Waals surface area contributed by atoms with Crippen molar-refractivity contribution in [1.82, 2.24) is 0 Å². The van der Waals surface area contributed by atoms with E-state index in [-0.39, 0.29) is 16.5 Å². The van der Waals surface area contributed by atoms with Crippen LogP contribution in [-0.2, 0) is 9.53 Å². The highest BCUT2D eigenvalue weighted by Gasteiger charge is 2.37. The zero-order valence-electron chi connectivity index (χ0n) is 11.7. The third-order valence-electron chi connectivity index (χ3n) is 3.28. The molecule has 0 spiro atoms. The molecule has 2 atom stereocenters. The predicted molar refractivity (Wildman–Crippen MR) is 87.8 cm³/mol. The Morgan fingerprint density at radius 3 is 2.29 bits per heavy atom. The SMILES string of the molecule is CCOC(=O)[C@H]1Sc2ccccc2S[C@@H]1c1ccccc1. The molecular weight excluding hydrogens is 300 g/mol. The van der Waals surface area contributed by atoms with E-state index < -0.39 is 0 Å². The molecule has 0 amide bonds. The lowest BCUT2D eigenvalue weighted by Crippen LogP contribution is -2.27. The minimum absolute atomic E-state index is 0.0881. The van der Waals surface area contributed by atoms with Crippen molar-refractivity contribution in [2.45, 2.75) is 27.2 Å². The minimum atomic E-state index is -0.202. The van der Waals surface area contributed by atoms with Crippen molar-refractivity contribution in [1.29, 1.82) is 0 Å². The van der Waals surface area contributed by atoms with E-state index in [2.05, 4.69) is 24.3 Å². The number of thioether (sulfide) groups is 2. The highest BCUT2D eigenvalue weighted by atomic mass is 32.2. The molecule has 0 N–H and O–H groups in total. The fraction of sp³-hybridized carbons (Fsp3) is 0.235. The number of hydrogen-bond donors (Lipinski definition) is 0. The molecule has 0 aromatic heterocycles. The predicted octanol–water partition coefficient (Wildman–Crippen LogP) is 4.56. The van der Waals surface area contributed by atoms with Gasteiger partial charge in [0, 0.05) is 9.79 Å². The number of carbonyl (C=O) groups is 1. The van der Waals surface area contributed by atoms with Gasteiger partial charge in [-0.2, -0.15) is 0 Å². The maximum absolute atomic E-state index is 12.3. The first-order chi connectivity index (χ1) is 10.3. The normalized spacial score (nSPS) is 20.6. The molecule has 0 saturated heterocycles. The summed E-state index contributed by atoms with van der Waals surface area (Å²) < 4.78 is 5.28. The molecule has 2 aromatic rings. The van der Waals surface area contributed by atoms with Gasteiger partial charge in [-0.05, 0) is 24.6 Å². The van der Waals surface area contributed by atoms with Gasteiger partial charge in [-0.1, -0.05) is 42.5 Å². The van der Waals surface area contributed by atoms with E-state index in [1.165, 1.54) is 10.5 Å². The number of carbonyl (C=O) groups excluding carboxylic acids is 1. The first-order valence-electron chi connectivity index (χ1n) is 6.93. The first kappa shape index (κ1) is 14.5. The van der Waals surface area contributed by atoms with Gasteiger partial charge in [0.1, 0.15) is 5.25 Å². The summed E-state index contributed by atoms with van der Waals surface area (Å²) >= 11 is 3.36. The van der Waals surface area contributed by atoms with Gasteiger partial charge >= 0.3 is 5.97 Å². The van der Waals surface area contributed by atoms with Crippen molar-refractivity contribution in [3.8, 4) is 0 Å². The van der Waals surface area contributed by atoms with E-state index in [0.717, 1.165) is 4.90 Å². The lowest BCUT2D eigenvalue weighted by atomic mass is 10.1. The van der Waals surface area contributed by atoms with Crippen LogP contribution in [0.4, 0.5) is 0 Å². The van der Waals surface area contributed by atoms with E-state index in [9.17, 15) is 4.79 Å². The number of rotatable bonds is 3. The Morgan fingerprint density at radius 2 is 1.62 bits per heavy atom. The van der Waals surface area contributed by atoms with Gasteiger partial charge in [0.25, 0.3) is 0 Å². The maximum atomic E-state index is 12.3. The molecule has 0 unspecified atom stereocenters. The molecule has 2 nitrogen and oxygen atoms in total. The van der Waals surface area contributed by atoms with Crippen LogP contribution in [0, 0.1) is 0 Å². The molecule has 0 radical (unpaired) electrons. The highest BCUT2D eigenvalue weighted by Crippen LogP contribution is 2.52. The number of hydrogen-bond acceptors (Lipinski definition) is 4. The first-order valence-corrected chi connectivity index (χ1v) is 8.69. The van der Waals surface area contributed by atoms with E-state index in [0.29, 0.717) is 6.61 Å². The molecule has 4 heteroatoms. The third-order valence-corrected chi connectivity index (χ3v) is 6.32. The molecule has 0 bridgehead atoms. The molecule has 1 aliphatic rings. The van der Waals surface area contributed by atoms with Gasteiger partial charge in [-0.3, -0.25) is 4.79 Å². The molecule has 0 fully saturated rings. The zero-order chi connectivity index (χ0) is 14.7. The number of benzene rings is 2. The smallest absolute Gasteiger partial charge is 0.320 e. The molecule has 3 rings (SSSR count). The Morgan fingerprint density at radius 1 is 1.00 bits per heavy atom. The fourth-order valence-corrected chi connectivity index (χ4v) is 5.15. The van der Waals surface area contributed by atoms with Crippen LogP contribution in [0.15, 0.2) is 64.4 Å². The number of fused-ring (bicyclic) bond motifs is 1. The lowest BCUT2D eigenvalue weighted by Gasteiger charge is -2.30. The Balaban J connectivity index is 1.96. The summed E-state index contributed by atoms with van der Waals surface area (Å²) in [5, 5.41) is -0.114. The van der Waals surface area contributed by atoms with Crippen molar-refractivity contribution in [2.75, 3.05) is 6.61 Å². The van der Waals surface area contributed by atoms with Crippen LogP contribution in [0.5, 0.6) is 0 Å². The molecule has 0 aliphatic carbocycles. The molecule has 0 saturated carbocycles. The van der Waals surface area contributed by atoms with Crippen LogP contribution >= 0.6 is 23.5 Å². The Hall–Kier alpha value is -1.39. The molecule has 1 aliphatic heterocycles. The van der Waals surface area contributed by atoms with Crippen molar-refractivity contribution >= 4 is 29.5 Å². The van der Waals surface area contributed by atoms with Crippen molar-refractivity contribution in [3.63, 3.8) is 0 Å². The van der Waals surface area contributed by atoms with E-state index in [1.807, 2.05) is 37.3 Å². The van der Waals surface area contributed by atoms with Crippen molar-refractivity contribution in [3.05, 3.63) is 60.2 Å². The zero-order valence-corrected chi connectivity index (χ0v) is 13.3. The van der Waals surface area contributed by atoms with Crippen LogP contribution in [-0.4, -0.2) is 17.8 Å². The minimum Gasteiger partial charge on any atom is -0.465 e. The number of ether oxygens (including phenoxy) is 1. The Kier molecular flexibility index (Phi) is 4.56. The Bertz CT molecular complexity index is 628. The molecular formula is C17H16O2S2. The quantitative estimate of drug-likeness (QED) is 0.776. The molecule has 2 aromatic carbocycles. The van der Waals surface area contributed by atoms with Crippen molar-refractivity contribution in [2.24, 2.45) is 0 Å². The standard InChI is InChI=1S/C17H16O2S2/c1-2-19-17(18)16-15(12-8-4-3-5-9-12)20-13-10-6-7-11-14(13)21-16/h3-11,15-16H,2H2,1H3/t15-,16+/m1/s1. The largest absolute Gasteiger partial charge is 0.465 e. The Labute approximate surface area is 133 Å². The van der Waals surface area contributed by atoms with Gasteiger partial charge in [0.15, 0.2) is 0 Å². The summed E-state index contributed by atoms with van der Waals surface area (Å²) in [5.74, 6) is -0.127. The van der Waals surface area contributed by atoms with E-state index in [4.69, 9.17) is 4.74 Å². The van der Waals surface area contributed by atoms with E-state index in [1.54, 1.807) is 23.5 Å². The van der Waals surface area contributed by atoms with Crippen molar-refractivity contribution < 1.29 is 9.53 Å². The summed E-state index contributed by atoms with van der Waals surface area (Å²) in [6.45, 7) is 2.27. The lowest BCUT2D eigenvalue weighted by molar-refractivity contribution is -0.142. The van der Waals surface area contributed by atoms with Gasteiger partial charge in [0.2, 0.25) is 0 Å². The summed E-state index contributed by atoms with van der Waals surface area (Å²) in [7, 11) is 0. The average molecular weight is 316 g/mol. The van der Waals surface area contributed by atoms with Gasteiger partial charge < -0.3 is 4.74 Å². The highest BCUT2D eigenvalue weighted by molar-refractivity contribution is 8.06. The van der Waals surface area contributed by atoms with Crippen LogP contribution in [0.2, 0.25) is 0 Å². The second kappa shape index (κ2) is 6.58. The summed E-state index contributed by atoms with van der Waals surface area (Å²) in [6.07, 6.45) is 0. The topological polar surface area (TPSA) is 26.3 Å². The van der Waals surface area contributed by atoms with Crippen LogP contribution < -0.4 is 0 Å². The molecule has 21 heavy (non-hydrogen) atoms. The molecule has 1 heterocycles.